The normalized spacial score (nSPS) is 17.2. The molecule has 0 radical (unpaired) electrons. The number of hydrogen-bond donors (Lipinski definition) is 2. The Morgan fingerprint density at radius 1 is 1.42 bits per heavy atom. The summed E-state index contributed by atoms with van der Waals surface area (Å²) in [5.41, 5.74) is 0.420. The molecule has 2 rings (SSSR count). The van der Waals surface area contributed by atoms with Gasteiger partial charge in [0.15, 0.2) is 5.69 Å². The molecule has 0 saturated carbocycles. The number of amides is 1. The van der Waals surface area contributed by atoms with Crippen LogP contribution in [0.1, 0.15) is 63.0 Å². The van der Waals surface area contributed by atoms with E-state index in [0.29, 0.717) is 11.7 Å². The van der Waals surface area contributed by atoms with Crippen LogP contribution in [0.5, 0.6) is 0 Å². The predicted molar refractivity (Wildman–Crippen MR) is 95.1 cm³/mol. The molecule has 0 spiro atoms. The Bertz CT molecular complexity index is 493. The van der Waals surface area contributed by atoms with Crippen molar-refractivity contribution in [3.05, 3.63) is 11.9 Å². The van der Waals surface area contributed by atoms with Gasteiger partial charge in [0.1, 0.15) is 0 Å². The summed E-state index contributed by atoms with van der Waals surface area (Å²) >= 11 is 0. The van der Waals surface area contributed by atoms with Gasteiger partial charge >= 0.3 is 0 Å². The van der Waals surface area contributed by atoms with Crippen LogP contribution in [-0.2, 0) is 0 Å². The molecule has 1 amide bonds. The number of nitrogens with one attached hydrogen (secondary N) is 2. The number of carbonyl (C=O) groups is 1. The fourth-order valence-electron chi connectivity index (χ4n) is 3.16. The van der Waals surface area contributed by atoms with Crippen molar-refractivity contribution in [2.24, 2.45) is 0 Å². The fraction of sp³-hybridized carbons (Fsp3) is 0.824. The second kappa shape index (κ2) is 9.74. The molecule has 1 atom stereocenters. The molecule has 136 valence electrons. The van der Waals surface area contributed by atoms with E-state index in [1.54, 1.807) is 6.20 Å². The Labute approximate surface area is 145 Å². The van der Waals surface area contributed by atoms with Crippen molar-refractivity contribution in [3.8, 4) is 0 Å². The maximum atomic E-state index is 12.3. The van der Waals surface area contributed by atoms with E-state index in [-0.39, 0.29) is 11.9 Å². The maximum absolute atomic E-state index is 12.3. The van der Waals surface area contributed by atoms with Crippen molar-refractivity contribution >= 4 is 5.91 Å². The highest BCUT2D eigenvalue weighted by Gasteiger charge is 2.19. The van der Waals surface area contributed by atoms with Crippen LogP contribution in [0.3, 0.4) is 0 Å². The van der Waals surface area contributed by atoms with E-state index >= 15 is 0 Å². The van der Waals surface area contributed by atoms with Crippen molar-refractivity contribution in [2.75, 3.05) is 32.7 Å². The molecule has 24 heavy (non-hydrogen) atoms. The maximum Gasteiger partial charge on any atom is 0.273 e. The standard InChI is InChI=1S/C17H32N6O/c1-4-22(5-2)12-6-7-14(3)19-17(24)16-13-23(21-20-16)15-8-10-18-11-9-15/h13-15,18H,4-12H2,1-3H3,(H,19,24). The number of aromatic nitrogens is 3. The monoisotopic (exact) mass is 336 g/mol. The van der Waals surface area contributed by atoms with E-state index in [9.17, 15) is 4.79 Å². The van der Waals surface area contributed by atoms with Crippen LogP contribution in [0.25, 0.3) is 0 Å². The molecule has 2 N–H and O–H groups in total. The minimum atomic E-state index is -0.120. The van der Waals surface area contributed by atoms with Crippen molar-refractivity contribution in [3.63, 3.8) is 0 Å². The molecule has 7 nitrogen and oxygen atoms in total. The predicted octanol–water partition coefficient (Wildman–Crippen LogP) is 1.44. The molecule has 0 aromatic carbocycles. The topological polar surface area (TPSA) is 75.1 Å². The molecule has 1 aromatic heterocycles. The van der Waals surface area contributed by atoms with Gasteiger partial charge < -0.3 is 15.5 Å². The largest absolute Gasteiger partial charge is 0.348 e. The van der Waals surface area contributed by atoms with E-state index in [1.165, 1.54) is 0 Å². The Balaban J connectivity index is 1.76. The minimum Gasteiger partial charge on any atom is -0.348 e. The summed E-state index contributed by atoms with van der Waals surface area (Å²) in [7, 11) is 0. The average Bonchev–Trinajstić information content (AvgIpc) is 3.10. The molecular formula is C17H32N6O. The zero-order chi connectivity index (χ0) is 17.4. The number of nitrogens with zero attached hydrogens (tertiary/aromatic N) is 4. The quantitative estimate of drug-likeness (QED) is 0.714. The lowest BCUT2D eigenvalue weighted by molar-refractivity contribution is 0.0932. The smallest absolute Gasteiger partial charge is 0.273 e. The summed E-state index contributed by atoms with van der Waals surface area (Å²) in [4.78, 5) is 14.7. The van der Waals surface area contributed by atoms with Gasteiger partial charge in [0.25, 0.3) is 5.91 Å². The van der Waals surface area contributed by atoms with E-state index in [1.807, 2.05) is 4.68 Å². The number of piperidine rings is 1. The molecule has 1 saturated heterocycles. The lowest BCUT2D eigenvalue weighted by Crippen LogP contribution is -2.34. The molecule has 2 heterocycles. The molecular weight excluding hydrogens is 304 g/mol. The fourth-order valence-corrected chi connectivity index (χ4v) is 3.16. The van der Waals surface area contributed by atoms with Gasteiger partial charge in [-0.3, -0.25) is 4.79 Å². The third-order valence-electron chi connectivity index (χ3n) is 4.81. The first-order valence-electron chi connectivity index (χ1n) is 9.29. The van der Waals surface area contributed by atoms with Crippen LogP contribution in [0.15, 0.2) is 6.20 Å². The first kappa shape index (κ1) is 18.9. The summed E-state index contributed by atoms with van der Waals surface area (Å²) < 4.78 is 1.85. The number of rotatable bonds is 9. The zero-order valence-corrected chi connectivity index (χ0v) is 15.3. The van der Waals surface area contributed by atoms with Gasteiger partial charge in [-0.05, 0) is 65.3 Å². The van der Waals surface area contributed by atoms with E-state index in [2.05, 4.69) is 46.6 Å². The Hall–Kier alpha value is -1.47. The van der Waals surface area contributed by atoms with Crippen molar-refractivity contribution in [1.82, 2.24) is 30.5 Å². The molecule has 1 aliphatic heterocycles. The average molecular weight is 336 g/mol. The third-order valence-corrected chi connectivity index (χ3v) is 4.81. The number of carbonyl (C=O) groups excluding carboxylic acids is 1. The Morgan fingerprint density at radius 2 is 2.12 bits per heavy atom. The molecule has 1 unspecified atom stereocenters. The van der Waals surface area contributed by atoms with Gasteiger partial charge in [0.2, 0.25) is 0 Å². The van der Waals surface area contributed by atoms with Crippen molar-refractivity contribution in [2.45, 2.75) is 58.5 Å². The lowest BCUT2D eigenvalue weighted by Gasteiger charge is -2.22. The van der Waals surface area contributed by atoms with E-state index < -0.39 is 0 Å². The second-order valence-electron chi connectivity index (χ2n) is 6.61. The number of hydrogen-bond acceptors (Lipinski definition) is 5. The summed E-state index contributed by atoms with van der Waals surface area (Å²) in [5, 5.41) is 14.6. The van der Waals surface area contributed by atoms with Crippen LogP contribution in [0, 0.1) is 0 Å². The Morgan fingerprint density at radius 3 is 2.79 bits per heavy atom. The molecule has 0 bridgehead atoms. The van der Waals surface area contributed by atoms with E-state index in [0.717, 1.165) is 58.4 Å². The summed E-state index contributed by atoms with van der Waals surface area (Å²) in [5.74, 6) is -0.120. The molecule has 7 heteroatoms. The van der Waals surface area contributed by atoms with Crippen LogP contribution in [-0.4, -0.2) is 64.6 Å². The first-order valence-corrected chi connectivity index (χ1v) is 9.29. The van der Waals surface area contributed by atoms with Crippen molar-refractivity contribution in [1.29, 1.82) is 0 Å². The van der Waals surface area contributed by atoms with Crippen molar-refractivity contribution < 1.29 is 4.79 Å². The van der Waals surface area contributed by atoms with Crippen LogP contribution in [0.2, 0.25) is 0 Å². The van der Waals surface area contributed by atoms with Crippen LogP contribution < -0.4 is 10.6 Å². The Kier molecular flexibility index (Phi) is 7.65. The minimum absolute atomic E-state index is 0.120. The molecule has 1 fully saturated rings. The highest BCUT2D eigenvalue weighted by molar-refractivity contribution is 5.92. The van der Waals surface area contributed by atoms with Crippen LogP contribution in [0.4, 0.5) is 0 Å². The zero-order valence-electron chi connectivity index (χ0n) is 15.3. The highest BCUT2D eigenvalue weighted by Crippen LogP contribution is 2.17. The third kappa shape index (κ3) is 5.56. The van der Waals surface area contributed by atoms with Gasteiger partial charge in [-0.1, -0.05) is 19.1 Å². The summed E-state index contributed by atoms with van der Waals surface area (Å²) in [6.45, 7) is 11.6. The highest BCUT2D eigenvalue weighted by atomic mass is 16.2. The molecule has 0 aliphatic carbocycles. The summed E-state index contributed by atoms with van der Waals surface area (Å²) in [6, 6.07) is 0.504. The molecule has 1 aromatic rings. The van der Waals surface area contributed by atoms with Gasteiger partial charge in [-0.15, -0.1) is 5.10 Å². The summed E-state index contributed by atoms with van der Waals surface area (Å²) in [6.07, 6.45) is 5.92. The van der Waals surface area contributed by atoms with Gasteiger partial charge in [0.05, 0.1) is 12.2 Å². The van der Waals surface area contributed by atoms with Gasteiger partial charge in [-0.25, -0.2) is 4.68 Å². The van der Waals surface area contributed by atoms with Crippen LogP contribution >= 0.6 is 0 Å². The van der Waals surface area contributed by atoms with Gasteiger partial charge in [-0.2, -0.15) is 0 Å². The second-order valence-corrected chi connectivity index (χ2v) is 6.61. The molecule has 1 aliphatic rings. The van der Waals surface area contributed by atoms with Gasteiger partial charge in [0, 0.05) is 6.04 Å². The SMILES string of the molecule is CCN(CC)CCCC(C)NC(=O)c1cn(C2CCNCC2)nn1. The first-order chi connectivity index (χ1) is 11.6. The van der Waals surface area contributed by atoms with E-state index in [4.69, 9.17) is 0 Å². The lowest BCUT2D eigenvalue weighted by atomic mass is 10.1.